The van der Waals surface area contributed by atoms with Crippen molar-refractivity contribution in [2.75, 3.05) is 72.4 Å². The Morgan fingerprint density at radius 1 is 1.00 bits per heavy atom. The molecule has 0 unspecified atom stereocenters. The highest BCUT2D eigenvalue weighted by atomic mass is 19.4. The summed E-state index contributed by atoms with van der Waals surface area (Å²) in [6.07, 6.45) is -0.236. The average molecular weight is 444 g/mol. The molecule has 9 heteroatoms. The van der Waals surface area contributed by atoms with Gasteiger partial charge in [-0.15, -0.1) is 0 Å². The third-order valence-corrected chi connectivity index (χ3v) is 5.62. The maximum absolute atomic E-state index is 13.2. The van der Waals surface area contributed by atoms with Crippen LogP contribution in [-0.2, 0) is 11.0 Å². The van der Waals surface area contributed by atoms with Crippen LogP contribution in [0.1, 0.15) is 31.2 Å². The molecule has 2 rings (SSSR count). The molecule has 6 nitrogen and oxygen atoms in total. The lowest BCUT2D eigenvalue weighted by Crippen LogP contribution is -2.44. The summed E-state index contributed by atoms with van der Waals surface area (Å²) in [7, 11) is 8.12. The van der Waals surface area contributed by atoms with Gasteiger partial charge >= 0.3 is 6.18 Å². The predicted molar refractivity (Wildman–Crippen MR) is 117 cm³/mol. The number of halogens is 3. The summed E-state index contributed by atoms with van der Waals surface area (Å²) in [4.78, 5) is 25.4. The van der Waals surface area contributed by atoms with Crippen molar-refractivity contribution < 1.29 is 18.0 Å². The molecule has 176 valence electrons. The summed E-state index contributed by atoms with van der Waals surface area (Å²) in [5.74, 6) is 0.703. The average Bonchev–Trinajstić information content (AvgIpc) is 2.71. The summed E-state index contributed by atoms with van der Waals surface area (Å²) in [5.41, 5.74) is -0.743. The number of alkyl halides is 3. The Morgan fingerprint density at radius 3 is 1.97 bits per heavy atom. The quantitative estimate of drug-likeness (QED) is 0.556. The molecule has 0 aromatic carbocycles. The minimum atomic E-state index is -4.38. The van der Waals surface area contributed by atoms with Gasteiger partial charge in [0.1, 0.15) is 5.82 Å². The van der Waals surface area contributed by atoms with Gasteiger partial charge in [-0.3, -0.25) is 4.79 Å². The second-order valence-corrected chi connectivity index (χ2v) is 8.80. The molecule has 1 aliphatic heterocycles. The van der Waals surface area contributed by atoms with Crippen molar-refractivity contribution in [2.45, 2.75) is 31.9 Å². The SMILES string of the molecule is CN(C)CCCN(CCCN(C)C)C(=O)C1CCN(c2ccc(C(F)(F)F)cn2)CC1. The van der Waals surface area contributed by atoms with Gasteiger partial charge in [0.05, 0.1) is 5.56 Å². The second-order valence-electron chi connectivity index (χ2n) is 8.80. The van der Waals surface area contributed by atoms with Crippen molar-refractivity contribution in [3.63, 3.8) is 0 Å². The van der Waals surface area contributed by atoms with E-state index in [1.165, 1.54) is 6.07 Å². The van der Waals surface area contributed by atoms with E-state index in [2.05, 4.69) is 14.8 Å². The largest absolute Gasteiger partial charge is 0.417 e. The zero-order valence-corrected chi connectivity index (χ0v) is 19.2. The van der Waals surface area contributed by atoms with Gasteiger partial charge in [0.15, 0.2) is 0 Å². The monoisotopic (exact) mass is 443 g/mol. The highest BCUT2D eigenvalue weighted by molar-refractivity contribution is 5.79. The molecular weight excluding hydrogens is 407 g/mol. The summed E-state index contributed by atoms with van der Waals surface area (Å²) in [6.45, 7) is 4.64. The lowest BCUT2D eigenvalue weighted by Gasteiger charge is -2.35. The molecule has 2 heterocycles. The molecule has 1 aliphatic rings. The van der Waals surface area contributed by atoms with Gasteiger partial charge in [-0.1, -0.05) is 0 Å². The van der Waals surface area contributed by atoms with Crippen LogP contribution in [0.5, 0.6) is 0 Å². The Balaban J connectivity index is 1.91. The van der Waals surface area contributed by atoms with E-state index in [-0.39, 0.29) is 11.8 Å². The van der Waals surface area contributed by atoms with Crippen molar-refractivity contribution in [2.24, 2.45) is 5.92 Å². The summed E-state index contributed by atoms with van der Waals surface area (Å²) >= 11 is 0. The number of hydrogen-bond donors (Lipinski definition) is 0. The van der Waals surface area contributed by atoms with Crippen molar-refractivity contribution in [3.8, 4) is 0 Å². The lowest BCUT2D eigenvalue weighted by molar-refractivity contribution is -0.138. The van der Waals surface area contributed by atoms with E-state index in [4.69, 9.17) is 0 Å². The van der Waals surface area contributed by atoms with Gasteiger partial charge in [-0.2, -0.15) is 13.2 Å². The third-order valence-electron chi connectivity index (χ3n) is 5.62. The minimum absolute atomic E-state index is 0.0376. The fourth-order valence-electron chi connectivity index (χ4n) is 3.84. The van der Waals surface area contributed by atoms with E-state index in [1.54, 1.807) is 0 Å². The molecule has 1 amide bonds. The fourth-order valence-corrected chi connectivity index (χ4v) is 3.84. The molecule has 1 aromatic rings. The van der Waals surface area contributed by atoms with Crippen LogP contribution in [0.15, 0.2) is 18.3 Å². The number of rotatable bonds is 10. The van der Waals surface area contributed by atoms with Crippen LogP contribution >= 0.6 is 0 Å². The van der Waals surface area contributed by atoms with Crippen molar-refractivity contribution in [3.05, 3.63) is 23.9 Å². The van der Waals surface area contributed by atoms with E-state index >= 15 is 0 Å². The number of hydrogen-bond acceptors (Lipinski definition) is 5. The van der Waals surface area contributed by atoms with Gasteiger partial charge in [0, 0.05) is 38.3 Å². The van der Waals surface area contributed by atoms with Crippen LogP contribution in [0.3, 0.4) is 0 Å². The first-order valence-electron chi connectivity index (χ1n) is 10.9. The van der Waals surface area contributed by atoms with Crippen LogP contribution in [0, 0.1) is 5.92 Å². The van der Waals surface area contributed by atoms with E-state index in [0.717, 1.165) is 51.3 Å². The molecule has 31 heavy (non-hydrogen) atoms. The zero-order chi connectivity index (χ0) is 23.0. The molecule has 0 aliphatic carbocycles. The maximum Gasteiger partial charge on any atom is 0.417 e. The number of carbonyl (C=O) groups excluding carboxylic acids is 1. The first kappa shape index (κ1) is 25.4. The number of piperidine rings is 1. The highest BCUT2D eigenvalue weighted by Crippen LogP contribution is 2.30. The maximum atomic E-state index is 13.2. The smallest absolute Gasteiger partial charge is 0.357 e. The van der Waals surface area contributed by atoms with Crippen LogP contribution < -0.4 is 4.90 Å². The van der Waals surface area contributed by atoms with E-state index in [0.29, 0.717) is 31.7 Å². The number of aromatic nitrogens is 1. The topological polar surface area (TPSA) is 42.9 Å². The Bertz CT molecular complexity index is 657. The Kier molecular flexibility index (Phi) is 9.55. The molecule has 1 aromatic heterocycles. The predicted octanol–water partition coefficient (Wildman–Crippen LogP) is 3.05. The molecule has 0 radical (unpaired) electrons. The zero-order valence-electron chi connectivity index (χ0n) is 19.2. The van der Waals surface area contributed by atoms with Crippen LogP contribution in [0.4, 0.5) is 19.0 Å². The van der Waals surface area contributed by atoms with E-state index < -0.39 is 11.7 Å². The van der Waals surface area contributed by atoms with Gasteiger partial charge < -0.3 is 19.6 Å². The van der Waals surface area contributed by atoms with Crippen molar-refractivity contribution in [1.29, 1.82) is 0 Å². The first-order valence-corrected chi connectivity index (χ1v) is 10.9. The minimum Gasteiger partial charge on any atom is -0.357 e. The van der Waals surface area contributed by atoms with E-state index in [9.17, 15) is 18.0 Å². The normalized spacial score (nSPS) is 15.7. The van der Waals surface area contributed by atoms with Crippen LogP contribution in [-0.4, -0.2) is 93.1 Å². The molecule has 0 N–H and O–H groups in total. The molecule has 0 atom stereocenters. The Morgan fingerprint density at radius 2 is 1.55 bits per heavy atom. The number of amides is 1. The Hall–Kier alpha value is -1.87. The summed E-state index contributed by atoms with van der Waals surface area (Å²) in [5, 5.41) is 0. The third kappa shape index (κ3) is 8.29. The first-order chi connectivity index (χ1) is 14.6. The standard InChI is InChI=1S/C22H36F3N5O/c1-27(2)11-5-13-30(14-6-12-28(3)4)21(31)18-9-15-29(16-10-18)20-8-7-19(17-26-20)22(23,24)25/h7-8,17-18H,5-6,9-16H2,1-4H3. The van der Waals surface area contributed by atoms with Gasteiger partial charge in [-0.25, -0.2) is 4.98 Å². The molecular formula is C22H36F3N5O. The van der Waals surface area contributed by atoms with Crippen LogP contribution in [0.2, 0.25) is 0 Å². The molecule has 0 bridgehead atoms. The molecule has 1 fully saturated rings. The number of nitrogens with zero attached hydrogens (tertiary/aromatic N) is 5. The van der Waals surface area contributed by atoms with Crippen molar-refractivity contribution >= 4 is 11.7 Å². The molecule has 1 saturated heterocycles. The molecule has 0 spiro atoms. The lowest BCUT2D eigenvalue weighted by atomic mass is 9.95. The van der Waals surface area contributed by atoms with E-state index in [1.807, 2.05) is 38.0 Å². The summed E-state index contributed by atoms with van der Waals surface area (Å²) in [6, 6.07) is 2.48. The van der Waals surface area contributed by atoms with Gasteiger partial charge in [0.2, 0.25) is 5.91 Å². The van der Waals surface area contributed by atoms with Gasteiger partial charge in [0.25, 0.3) is 0 Å². The second kappa shape index (κ2) is 11.7. The van der Waals surface area contributed by atoms with Crippen LogP contribution in [0.25, 0.3) is 0 Å². The number of carbonyl (C=O) groups is 1. The number of pyridine rings is 1. The molecule has 0 saturated carbocycles. The Labute approximate surface area is 184 Å². The summed E-state index contributed by atoms with van der Waals surface area (Å²) < 4.78 is 38.2. The van der Waals surface area contributed by atoms with Crippen molar-refractivity contribution in [1.82, 2.24) is 19.7 Å². The van der Waals surface area contributed by atoms with Gasteiger partial charge in [-0.05, 0) is 79.1 Å². The fraction of sp³-hybridized carbons (Fsp3) is 0.727. The number of anilines is 1. The highest BCUT2D eigenvalue weighted by Gasteiger charge is 2.32.